The number of alkyl halides is 3. The fourth-order valence-corrected chi connectivity index (χ4v) is 5.24. The van der Waals surface area contributed by atoms with Crippen molar-refractivity contribution in [3.05, 3.63) is 70.5 Å². The largest absolute Gasteiger partial charge is 0.430 e. The summed E-state index contributed by atoms with van der Waals surface area (Å²) in [5.41, 5.74) is -4.11. The molecule has 2 fully saturated rings. The van der Waals surface area contributed by atoms with E-state index in [1.165, 1.54) is 24.3 Å². The van der Waals surface area contributed by atoms with Crippen molar-refractivity contribution in [1.29, 1.82) is 0 Å². The molecule has 2 amide bonds. The molecule has 1 spiro atoms. The van der Waals surface area contributed by atoms with Crippen LogP contribution >= 0.6 is 11.6 Å². The van der Waals surface area contributed by atoms with Crippen LogP contribution in [0.15, 0.2) is 48.5 Å². The van der Waals surface area contributed by atoms with Crippen molar-refractivity contribution in [3.63, 3.8) is 0 Å². The van der Waals surface area contributed by atoms with E-state index in [1.54, 1.807) is 12.1 Å². The number of hydrogen-bond acceptors (Lipinski definition) is 3. The predicted octanol–water partition coefficient (Wildman–Crippen LogP) is 4.14. The Morgan fingerprint density at radius 2 is 1.65 bits per heavy atom. The zero-order valence-corrected chi connectivity index (χ0v) is 18.8. The lowest BCUT2D eigenvalue weighted by atomic mass is 9.62. The van der Waals surface area contributed by atoms with Crippen LogP contribution in [-0.2, 0) is 15.2 Å². The van der Waals surface area contributed by atoms with Gasteiger partial charge < -0.3 is 15.3 Å². The highest BCUT2D eigenvalue weighted by molar-refractivity contribution is 6.30. The molecule has 2 aromatic rings. The summed E-state index contributed by atoms with van der Waals surface area (Å²) < 4.78 is 55.4. The highest BCUT2D eigenvalue weighted by Gasteiger charge is 2.62. The first-order chi connectivity index (χ1) is 16.0. The summed E-state index contributed by atoms with van der Waals surface area (Å²) in [6, 6.07) is 10.3. The molecule has 2 N–H and O–H groups in total. The van der Waals surface area contributed by atoms with Crippen molar-refractivity contribution >= 4 is 23.4 Å². The smallest absolute Gasteiger partial charge is 0.369 e. The number of carbonyl (C=O) groups excluding carboxylic acids is 2. The van der Waals surface area contributed by atoms with E-state index < -0.39 is 34.5 Å². The Kier molecular flexibility index (Phi) is 6.37. The van der Waals surface area contributed by atoms with Crippen LogP contribution in [0.2, 0.25) is 5.02 Å². The summed E-state index contributed by atoms with van der Waals surface area (Å²) in [6.07, 6.45) is -4.57. The highest BCUT2D eigenvalue weighted by atomic mass is 35.5. The second-order valence-corrected chi connectivity index (χ2v) is 9.39. The van der Waals surface area contributed by atoms with Crippen molar-refractivity contribution in [1.82, 2.24) is 10.2 Å². The van der Waals surface area contributed by atoms with E-state index in [4.69, 9.17) is 11.6 Å². The number of likely N-dealkylation sites (tertiary alicyclic amines) is 1. The van der Waals surface area contributed by atoms with Crippen LogP contribution in [0, 0.1) is 11.2 Å². The number of aliphatic hydroxyl groups is 1. The minimum atomic E-state index is -5.26. The topological polar surface area (TPSA) is 69.6 Å². The van der Waals surface area contributed by atoms with Gasteiger partial charge in [0, 0.05) is 42.6 Å². The standard InChI is InChI=1S/C24H23ClF4N2O3/c25-17-5-3-16(4-6-17)23(34,24(27,28)29)21(33)31-11-9-22(10-12-31)13-20(32)30-14-19(22)15-1-7-18(26)8-2-15/h1-8,19,34H,9-14H2,(H,30,32). The van der Waals surface area contributed by atoms with Crippen LogP contribution in [-0.4, -0.2) is 47.6 Å². The molecule has 34 heavy (non-hydrogen) atoms. The Morgan fingerprint density at radius 1 is 1.06 bits per heavy atom. The van der Waals surface area contributed by atoms with E-state index in [1.807, 2.05) is 0 Å². The van der Waals surface area contributed by atoms with Gasteiger partial charge in [0.2, 0.25) is 5.91 Å². The Labute approximate surface area is 198 Å². The SMILES string of the molecule is O=C1CC2(CCN(C(=O)C(O)(c3ccc(Cl)cc3)C(F)(F)F)CC2)C(c2ccc(F)cc2)CN1. The molecule has 10 heteroatoms. The Morgan fingerprint density at radius 3 is 2.21 bits per heavy atom. The van der Waals surface area contributed by atoms with Crippen LogP contribution in [0.25, 0.3) is 0 Å². The molecule has 0 radical (unpaired) electrons. The molecule has 5 nitrogen and oxygen atoms in total. The van der Waals surface area contributed by atoms with E-state index in [2.05, 4.69) is 5.32 Å². The maximum Gasteiger partial charge on any atom is 0.430 e. The van der Waals surface area contributed by atoms with Crippen molar-refractivity contribution in [2.45, 2.75) is 37.0 Å². The Bertz CT molecular complexity index is 1070. The maximum absolute atomic E-state index is 14.0. The molecule has 2 aliphatic rings. The van der Waals surface area contributed by atoms with E-state index in [9.17, 15) is 32.3 Å². The van der Waals surface area contributed by atoms with Gasteiger partial charge in [-0.2, -0.15) is 13.2 Å². The molecule has 2 unspecified atom stereocenters. The molecule has 2 aromatic carbocycles. The first-order valence-electron chi connectivity index (χ1n) is 10.8. The number of piperidine rings is 2. The Hall–Kier alpha value is -2.65. The zero-order chi connectivity index (χ0) is 24.7. The van der Waals surface area contributed by atoms with Crippen LogP contribution in [0.3, 0.4) is 0 Å². The molecular weight excluding hydrogens is 476 g/mol. The Balaban J connectivity index is 1.59. The molecule has 0 aliphatic carbocycles. The maximum atomic E-state index is 14.0. The van der Waals surface area contributed by atoms with Gasteiger partial charge in [-0.1, -0.05) is 35.9 Å². The van der Waals surface area contributed by atoms with Gasteiger partial charge >= 0.3 is 6.18 Å². The van der Waals surface area contributed by atoms with E-state index in [0.29, 0.717) is 6.54 Å². The lowest BCUT2D eigenvalue weighted by Gasteiger charge is -2.50. The van der Waals surface area contributed by atoms with Gasteiger partial charge in [-0.25, -0.2) is 4.39 Å². The third-order valence-corrected chi connectivity index (χ3v) is 7.31. The number of rotatable bonds is 3. The van der Waals surface area contributed by atoms with Gasteiger partial charge in [0.25, 0.3) is 11.5 Å². The van der Waals surface area contributed by atoms with Gasteiger partial charge in [0.15, 0.2) is 0 Å². The first kappa shape index (κ1) is 24.5. The molecule has 182 valence electrons. The van der Waals surface area contributed by atoms with Gasteiger partial charge in [-0.05, 0) is 48.1 Å². The predicted molar refractivity (Wildman–Crippen MR) is 116 cm³/mol. The molecule has 0 aromatic heterocycles. The number of amides is 2. The first-order valence-corrected chi connectivity index (χ1v) is 11.2. The molecule has 0 saturated carbocycles. The highest BCUT2D eigenvalue weighted by Crippen LogP contribution is 2.50. The average molecular weight is 499 g/mol. The summed E-state index contributed by atoms with van der Waals surface area (Å²) >= 11 is 5.76. The van der Waals surface area contributed by atoms with Gasteiger partial charge in [-0.15, -0.1) is 0 Å². The fourth-order valence-electron chi connectivity index (χ4n) is 5.11. The summed E-state index contributed by atoms with van der Waals surface area (Å²) in [7, 11) is 0. The van der Waals surface area contributed by atoms with Crippen LogP contribution in [0.4, 0.5) is 17.6 Å². The molecule has 2 heterocycles. The van der Waals surface area contributed by atoms with Crippen molar-refractivity contribution in [3.8, 4) is 0 Å². The van der Waals surface area contributed by atoms with Crippen LogP contribution in [0.5, 0.6) is 0 Å². The van der Waals surface area contributed by atoms with Gasteiger partial charge in [-0.3, -0.25) is 9.59 Å². The summed E-state index contributed by atoms with van der Waals surface area (Å²) in [5, 5.41) is 13.6. The normalized spacial score (nSPS) is 22.2. The second kappa shape index (κ2) is 8.85. The molecule has 4 rings (SSSR count). The van der Waals surface area contributed by atoms with Crippen molar-refractivity contribution < 1.29 is 32.3 Å². The van der Waals surface area contributed by atoms with Crippen LogP contribution < -0.4 is 5.32 Å². The van der Waals surface area contributed by atoms with Crippen LogP contribution in [0.1, 0.15) is 36.3 Å². The second-order valence-electron chi connectivity index (χ2n) is 8.95. The summed E-state index contributed by atoms with van der Waals surface area (Å²) in [4.78, 5) is 26.3. The number of halogens is 5. The van der Waals surface area contributed by atoms with Crippen molar-refractivity contribution in [2.75, 3.05) is 19.6 Å². The molecule has 2 saturated heterocycles. The summed E-state index contributed by atoms with van der Waals surface area (Å²) in [5.74, 6) is -2.21. The third-order valence-electron chi connectivity index (χ3n) is 7.06. The van der Waals surface area contributed by atoms with E-state index in [0.717, 1.165) is 22.6 Å². The lowest BCUT2D eigenvalue weighted by Crippen LogP contribution is -2.59. The lowest BCUT2D eigenvalue weighted by molar-refractivity contribution is -0.262. The number of benzene rings is 2. The third kappa shape index (κ3) is 4.27. The number of nitrogens with zero attached hydrogens (tertiary/aromatic N) is 1. The average Bonchev–Trinajstić information content (AvgIpc) is 2.79. The minimum absolute atomic E-state index is 0.0597. The van der Waals surface area contributed by atoms with Gasteiger partial charge in [0.1, 0.15) is 5.82 Å². The molecular formula is C24H23ClF4N2O3. The number of hydrogen-bond donors (Lipinski definition) is 2. The number of nitrogens with one attached hydrogen (secondary N) is 1. The molecule has 2 aliphatic heterocycles. The zero-order valence-electron chi connectivity index (χ0n) is 18.0. The van der Waals surface area contributed by atoms with E-state index in [-0.39, 0.29) is 49.2 Å². The molecule has 2 atom stereocenters. The van der Waals surface area contributed by atoms with Gasteiger partial charge in [0.05, 0.1) is 0 Å². The van der Waals surface area contributed by atoms with Crippen molar-refractivity contribution in [2.24, 2.45) is 5.41 Å². The minimum Gasteiger partial charge on any atom is -0.369 e. The fraction of sp³-hybridized carbons (Fsp3) is 0.417. The number of carbonyl (C=O) groups is 2. The molecule has 0 bridgehead atoms. The monoisotopic (exact) mass is 498 g/mol. The quantitative estimate of drug-likeness (QED) is 0.625. The summed E-state index contributed by atoms with van der Waals surface area (Å²) in [6.45, 7) is 0.196. The van der Waals surface area contributed by atoms with E-state index >= 15 is 0 Å².